The average Bonchev–Trinajstić information content (AvgIpc) is 2.47. The zero-order valence-electron chi connectivity index (χ0n) is 11.5. The number of rotatable bonds is 3. The fourth-order valence-electron chi connectivity index (χ4n) is 2.29. The molecule has 0 aromatic heterocycles. The minimum absolute atomic E-state index is 0.0368. The molecule has 1 heterocycles. The van der Waals surface area contributed by atoms with Crippen molar-refractivity contribution in [1.29, 1.82) is 5.26 Å². The lowest BCUT2D eigenvalue weighted by Gasteiger charge is -2.33. The lowest BCUT2D eigenvalue weighted by molar-refractivity contribution is -0.122. The molecule has 7 nitrogen and oxygen atoms in total. The van der Waals surface area contributed by atoms with Gasteiger partial charge in [0.05, 0.1) is 16.5 Å². The predicted molar refractivity (Wildman–Crippen MR) is 75.6 cm³/mol. The van der Waals surface area contributed by atoms with Crippen LogP contribution in [-0.2, 0) is 14.8 Å². The van der Waals surface area contributed by atoms with Crippen molar-refractivity contribution in [1.82, 2.24) is 9.62 Å². The van der Waals surface area contributed by atoms with Crippen LogP contribution in [0, 0.1) is 18.3 Å². The maximum Gasteiger partial charge on any atom is 0.244 e. The smallest absolute Gasteiger partial charge is 0.244 e. The van der Waals surface area contributed by atoms with Crippen molar-refractivity contribution in [3.63, 3.8) is 0 Å². The minimum Gasteiger partial charge on any atom is -0.368 e. The van der Waals surface area contributed by atoms with Crippen LogP contribution in [0.4, 0.5) is 0 Å². The van der Waals surface area contributed by atoms with Crippen molar-refractivity contribution in [3.8, 4) is 6.07 Å². The molecule has 1 saturated heterocycles. The van der Waals surface area contributed by atoms with Gasteiger partial charge < -0.3 is 11.1 Å². The second-order valence-electron chi connectivity index (χ2n) is 4.83. The highest BCUT2D eigenvalue weighted by Crippen LogP contribution is 2.23. The maximum absolute atomic E-state index is 12.8. The lowest BCUT2D eigenvalue weighted by atomic mass is 10.2. The minimum atomic E-state index is -3.88. The first kappa shape index (κ1) is 15.4. The number of nitriles is 1. The third-order valence-corrected chi connectivity index (χ3v) is 5.48. The van der Waals surface area contributed by atoms with Crippen molar-refractivity contribution in [2.75, 3.05) is 19.6 Å². The number of sulfonamides is 1. The number of carbonyl (C=O) groups excluding carboxylic acids is 1. The first-order valence-electron chi connectivity index (χ1n) is 6.40. The third kappa shape index (κ3) is 2.90. The summed E-state index contributed by atoms with van der Waals surface area (Å²) in [6, 6.07) is 5.45. The molecule has 112 valence electrons. The van der Waals surface area contributed by atoms with E-state index in [9.17, 15) is 13.2 Å². The molecule has 21 heavy (non-hydrogen) atoms. The molecule has 1 atom stereocenters. The molecule has 0 radical (unpaired) electrons. The van der Waals surface area contributed by atoms with Gasteiger partial charge in [0, 0.05) is 19.6 Å². The van der Waals surface area contributed by atoms with Crippen LogP contribution in [0.1, 0.15) is 11.1 Å². The van der Waals surface area contributed by atoms with Crippen LogP contribution in [0.5, 0.6) is 0 Å². The number of nitrogens with two attached hydrogens (primary N) is 1. The topological polar surface area (TPSA) is 116 Å². The molecule has 0 aliphatic carbocycles. The van der Waals surface area contributed by atoms with Crippen molar-refractivity contribution in [2.24, 2.45) is 5.73 Å². The number of hydrogen-bond acceptors (Lipinski definition) is 5. The highest BCUT2D eigenvalue weighted by molar-refractivity contribution is 7.89. The number of carbonyl (C=O) groups is 1. The molecular formula is C13H16N4O3S. The molecular weight excluding hydrogens is 292 g/mol. The Labute approximate surface area is 123 Å². The molecule has 1 unspecified atom stereocenters. The zero-order valence-corrected chi connectivity index (χ0v) is 12.4. The number of benzene rings is 1. The highest BCUT2D eigenvalue weighted by atomic mass is 32.2. The van der Waals surface area contributed by atoms with Gasteiger partial charge in [0.2, 0.25) is 15.9 Å². The van der Waals surface area contributed by atoms with Crippen molar-refractivity contribution in [3.05, 3.63) is 29.3 Å². The normalized spacial score (nSPS) is 19.9. The summed E-state index contributed by atoms with van der Waals surface area (Å²) >= 11 is 0. The fraction of sp³-hybridized carbons (Fsp3) is 0.385. The fourth-order valence-corrected chi connectivity index (χ4v) is 4.14. The molecule has 1 fully saturated rings. The largest absolute Gasteiger partial charge is 0.368 e. The van der Waals surface area contributed by atoms with Gasteiger partial charge in [-0.15, -0.1) is 0 Å². The average molecular weight is 308 g/mol. The van der Waals surface area contributed by atoms with Gasteiger partial charge in [0.15, 0.2) is 0 Å². The molecule has 1 aromatic rings. The van der Waals surface area contributed by atoms with E-state index < -0.39 is 22.0 Å². The predicted octanol–water partition coefficient (Wildman–Crippen LogP) is -0.685. The Bertz CT molecular complexity index is 709. The van der Waals surface area contributed by atoms with E-state index in [0.29, 0.717) is 12.1 Å². The van der Waals surface area contributed by atoms with E-state index in [1.54, 1.807) is 19.1 Å². The molecule has 1 aromatic carbocycles. The van der Waals surface area contributed by atoms with E-state index in [-0.39, 0.29) is 23.5 Å². The van der Waals surface area contributed by atoms with E-state index in [0.717, 1.165) is 4.31 Å². The second kappa shape index (κ2) is 5.81. The van der Waals surface area contributed by atoms with E-state index >= 15 is 0 Å². The van der Waals surface area contributed by atoms with Crippen LogP contribution >= 0.6 is 0 Å². The third-order valence-electron chi connectivity index (χ3n) is 3.43. The van der Waals surface area contributed by atoms with Crippen LogP contribution in [0.3, 0.4) is 0 Å². The molecule has 1 aliphatic rings. The van der Waals surface area contributed by atoms with E-state index in [1.807, 2.05) is 6.07 Å². The van der Waals surface area contributed by atoms with Gasteiger partial charge in [-0.25, -0.2) is 8.42 Å². The summed E-state index contributed by atoms with van der Waals surface area (Å²) in [5.74, 6) is -0.695. The van der Waals surface area contributed by atoms with Crippen LogP contribution in [0.15, 0.2) is 23.1 Å². The van der Waals surface area contributed by atoms with Gasteiger partial charge in [0.1, 0.15) is 6.04 Å². The Hall–Kier alpha value is -1.95. The summed E-state index contributed by atoms with van der Waals surface area (Å²) in [5.41, 5.74) is 6.07. The molecule has 0 bridgehead atoms. The molecule has 2 rings (SSSR count). The second-order valence-corrected chi connectivity index (χ2v) is 6.69. The molecule has 0 saturated carbocycles. The van der Waals surface area contributed by atoms with E-state index in [2.05, 4.69) is 5.32 Å². The van der Waals surface area contributed by atoms with Crippen molar-refractivity contribution in [2.45, 2.75) is 17.9 Å². The summed E-state index contributed by atoms with van der Waals surface area (Å²) in [5, 5.41) is 11.9. The Morgan fingerprint density at radius 1 is 1.52 bits per heavy atom. The van der Waals surface area contributed by atoms with Gasteiger partial charge in [-0.05, 0) is 24.6 Å². The maximum atomic E-state index is 12.8. The quantitative estimate of drug-likeness (QED) is 0.767. The standard InChI is InChI=1S/C13H16N4O3S/c1-9-2-3-10(7-14)6-12(9)21(19,20)17-5-4-16-8-11(17)13(15)18/h2-3,6,11,16H,4-5,8H2,1H3,(H2,15,18). The van der Waals surface area contributed by atoms with Crippen LogP contribution in [-0.4, -0.2) is 44.3 Å². The number of piperazine rings is 1. The summed E-state index contributed by atoms with van der Waals surface area (Å²) in [7, 11) is -3.88. The van der Waals surface area contributed by atoms with Crippen LogP contribution in [0.2, 0.25) is 0 Å². The SMILES string of the molecule is Cc1ccc(C#N)cc1S(=O)(=O)N1CCNCC1C(N)=O. The van der Waals surface area contributed by atoms with Gasteiger partial charge in [0.25, 0.3) is 0 Å². The van der Waals surface area contributed by atoms with Gasteiger partial charge in [-0.1, -0.05) is 6.07 Å². The molecule has 3 N–H and O–H groups in total. The van der Waals surface area contributed by atoms with Gasteiger partial charge >= 0.3 is 0 Å². The zero-order chi connectivity index (χ0) is 15.6. The number of nitrogens with zero attached hydrogens (tertiary/aromatic N) is 2. The highest BCUT2D eigenvalue weighted by Gasteiger charge is 2.37. The summed E-state index contributed by atoms with van der Waals surface area (Å²) < 4.78 is 26.7. The first-order chi connectivity index (χ1) is 9.87. The number of primary amides is 1. The van der Waals surface area contributed by atoms with E-state index in [1.165, 1.54) is 6.07 Å². The molecule has 1 aliphatic heterocycles. The summed E-state index contributed by atoms with van der Waals surface area (Å²) in [4.78, 5) is 11.5. The van der Waals surface area contributed by atoms with E-state index in [4.69, 9.17) is 11.0 Å². The van der Waals surface area contributed by atoms with Gasteiger partial charge in [-0.3, -0.25) is 4.79 Å². The first-order valence-corrected chi connectivity index (χ1v) is 7.84. The molecule has 8 heteroatoms. The van der Waals surface area contributed by atoms with Crippen molar-refractivity contribution >= 4 is 15.9 Å². The molecule has 1 amide bonds. The monoisotopic (exact) mass is 308 g/mol. The number of nitrogens with one attached hydrogen (secondary N) is 1. The Morgan fingerprint density at radius 3 is 2.86 bits per heavy atom. The Balaban J connectivity index is 2.50. The van der Waals surface area contributed by atoms with Gasteiger partial charge in [-0.2, -0.15) is 9.57 Å². The lowest BCUT2D eigenvalue weighted by Crippen LogP contribution is -2.58. The number of aryl methyl sites for hydroxylation is 1. The Kier molecular flexibility index (Phi) is 4.27. The van der Waals surface area contributed by atoms with Crippen LogP contribution < -0.4 is 11.1 Å². The number of amides is 1. The Morgan fingerprint density at radius 2 is 2.24 bits per heavy atom. The summed E-state index contributed by atoms with van der Waals surface area (Å²) in [6.07, 6.45) is 0. The molecule has 0 spiro atoms. The summed E-state index contributed by atoms with van der Waals surface area (Å²) in [6.45, 7) is 2.44. The van der Waals surface area contributed by atoms with Crippen LogP contribution in [0.25, 0.3) is 0 Å². The van der Waals surface area contributed by atoms with Crippen molar-refractivity contribution < 1.29 is 13.2 Å². The number of hydrogen-bond donors (Lipinski definition) is 2.